The highest BCUT2D eigenvalue weighted by Crippen LogP contribution is 2.26. The number of benzene rings is 2. The van der Waals surface area contributed by atoms with E-state index in [0.717, 1.165) is 18.4 Å². The molecular weight excluding hydrogens is 349 g/mol. The zero-order valence-electron chi connectivity index (χ0n) is 14.9. The van der Waals surface area contributed by atoms with E-state index in [1.807, 2.05) is 22.9 Å². The van der Waals surface area contributed by atoms with E-state index in [-0.39, 0.29) is 17.9 Å². The summed E-state index contributed by atoms with van der Waals surface area (Å²) in [4.78, 5) is 14.3. The number of hydrogen-bond acceptors (Lipinski definition) is 4. The van der Waals surface area contributed by atoms with E-state index in [9.17, 15) is 9.18 Å². The molecule has 0 bridgehead atoms. The Morgan fingerprint density at radius 2 is 2.04 bits per heavy atom. The van der Waals surface area contributed by atoms with E-state index in [1.165, 1.54) is 12.1 Å². The maximum absolute atomic E-state index is 13.3. The summed E-state index contributed by atoms with van der Waals surface area (Å²) in [7, 11) is 1.59. The van der Waals surface area contributed by atoms with Crippen LogP contribution in [0.25, 0.3) is 11.0 Å². The van der Waals surface area contributed by atoms with Crippen molar-refractivity contribution in [2.24, 2.45) is 0 Å². The number of carbonyl (C=O) groups is 1. The number of anilines is 1. The Labute approximate surface area is 155 Å². The number of nitrogens with zero attached hydrogens (tertiary/aromatic N) is 4. The Bertz CT molecular complexity index is 966. The number of methoxy groups -OCH3 is 1. The normalized spacial score (nSPS) is 15.1. The Balaban J connectivity index is 1.40. The highest BCUT2D eigenvalue weighted by molar-refractivity contribution is 5.89. The number of piperidine rings is 1. The fraction of sp³-hybridized carbons (Fsp3) is 0.316. The number of carbonyl (C=O) groups excluding carboxylic acids is 1. The first-order valence-electron chi connectivity index (χ1n) is 8.84. The Morgan fingerprint density at radius 3 is 2.81 bits per heavy atom. The molecule has 140 valence electrons. The molecule has 1 aromatic heterocycles. The van der Waals surface area contributed by atoms with Gasteiger partial charge in [-0.3, -0.25) is 0 Å². The summed E-state index contributed by atoms with van der Waals surface area (Å²) in [6.07, 6.45) is 1.53. The van der Waals surface area contributed by atoms with E-state index >= 15 is 0 Å². The molecule has 2 heterocycles. The second kappa shape index (κ2) is 7.22. The van der Waals surface area contributed by atoms with Crippen LogP contribution >= 0.6 is 0 Å². The van der Waals surface area contributed by atoms with Crippen molar-refractivity contribution in [1.29, 1.82) is 0 Å². The molecule has 1 aliphatic heterocycles. The molecule has 1 aliphatic rings. The van der Waals surface area contributed by atoms with Gasteiger partial charge in [-0.15, -0.1) is 5.10 Å². The van der Waals surface area contributed by atoms with Gasteiger partial charge in [-0.25, -0.2) is 13.9 Å². The second-order valence-electron chi connectivity index (χ2n) is 6.55. The first-order chi connectivity index (χ1) is 13.1. The third-order valence-corrected chi connectivity index (χ3v) is 4.85. The van der Waals surface area contributed by atoms with Crippen LogP contribution in [0.3, 0.4) is 0 Å². The van der Waals surface area contributed by atoms with Crippen LogP contribution in [-0.4, -0.2) is 46.1 Å². The third kappa shape index (κ3) is 3.55. The van der Waals surface area contributed by atoms with Gasteiger partial charge in [-0.2, -0.15) is 0 Å². The minimum atomic E-state index is -0.321. The highest BCUT2D eigenvalue weighted by atomic mass is 19.1. The van der Waals surface area contributed by atoms with Crippen LogP contribution in [-0.2, 0) is 0 Å². The van der Waals surface area contributed by atoms with Gasteiger partial charge in [0.25, 0.3) is 0 Å². The predicted molar refractivity (Wildman–Crippen MR) is 99.3 cm³/mol. The summed E-state index contributed by atoms with van der Waals surface area (Å²) >= 11 is 0. The smallest absolute Gasteiger partial charge is 0.321 e. The van der Waals surface area contributed by atoms with E-state index in [2.05, 4.69) is 15.6 Å². The van der Waals surface area contributed by atoms with Crippen molar-refractivity contribution in [2.75, 3.05) is 25.5 Å². The van der Waals surface area contributed by atoms with Gasteiger partial charge in [0.2, 0.25) is 0 Å². The molecule has 1 saturated heterocycles. The van der Waals surface area contributed by atoms with Crippen molar-refractivity contribution in [3.05, 3.63) is 48.3 Å². The van der Waals surface area contributed by atoms with Gasteiger partial charge in [0.05, 0.1) is 18.7 Å². The standard InChI is InChI=1S/C19H20FN5O2/c1-27-16-4-2-3-14(12-16)21-19(26)24-9-7-15(8-10-24)25-18-6-5-13(20)11-17(18)22-23-25/h2-6,11-12,15H,7-10H2,1H3,(H,21,26). The van der Waals surface area contributed by atoms with Crippen LogP contribution < -0.4 is 10.1 Å². The maximum atomic E-state index is 13.3. The Hall–Kier alpha value is -3.16. The van der Waals surface area contributed by atoms with Gasteiger partial charge in [0.15, 0.2) is 0 Å². The Morgan fingerprint density at radius 1 is 1.22 bits per heavy atom. The molecule has 2 aromatic carbocycles. The van der Waals surface area contributed by atoms with Crippen LogP contribution in [0.1, 0.15) is 18.9 Å². The van der Waals surface area contributed by atoms with Crippen molar-refractivity contribution < 1.29 is 13.9 Å². The summed E-state index contributed by atoms with van der Waals surface area (Å²) in [6.45, 7) is 1.23. The van der Waals surface area contributed by atoms with Crippen molar-refractivity contribution in [3.8, 4) is 5.75 Å². The fourth-order valence-corrected chi connectivity index (χ4v) is 3.40. The number of aromatic nitrogens is 3. The van der Waals surface area contributed by atoms with E-state index < -0.39 is 0 Å². The third-order valence-electron chi connectivity index (χ3n) is 4.85. The molecule has 2 amide bonds. The SMILES string of the molecule is COc1cccc(NC(=O)N2CCC(n3nnc4cc(F)ccc43)CC2)c1. The number of amides is 2. The molecule has 1 fully saturated rings. The summed E-state index contributed by atoms with van der Waals surface area (Å²) in [5.74, 6) is 0.375. The topological polar surface area (TPSA) is 72.3 Å². The van der Waals surface area contributed by atoms with E-state index in [0.29, 0.717) is 30.0 Å². The largest absolute Gasteiger partial charge is 0.497 e. The van der Waals surface area contributed by atoms with E-state index in [1.54, 1.807) is 24.1 Å². The van der Waals surface area contributed by atoms with Crippen molar-refractivity contribution >= 4 is 22.8 Å². The Kier molecular flexibility index (Phi) is 4.62. The van der Waals surface area contributed by atoms with Gasteiger partial charge >= 0.3 is 6.03 Å². The minimum absolute atomic E-state index is 0.132. The molecule has 0 aliphatic carbocycles. The van der Waals surface area contributed by atoms with Crippen LogP contribution in [0.4, 0.5) is 14.9 Å². The molecule has 7 nitrogen and oxygen atoms in total. The van der Waals surface area contributed by atoms with Gasteiger partial charge in [0, 0.05) is 30.9 Å². The van der Waals surface area contributed by atoms with Crippen LogP contribution in [0.5, 0.6) is 5.75 Å². The highest BCUT2D eigenvalue weighted by Gasteiger charge is 2.25. The van der Waals surface area contributed by atoms with Crippen molar-refractivity contribution in [3.63, 3.8) is 0 Å². The molecule has 0 radical (unpaired) electrons. The number of hydrogen-bond donors (Lipinski definition) is 1. The van der Waals surface area contributed by atoms with Gasteiger partial charge in [-0.05, 0) is 37.1 Å². The molecule has 8 heteroatoms. The predicted octanol–water partition coefficient (Wildman–Crippen LogP) is 3.45. The monoisotopic (exact) mass is 369 g/mol. The lowest BCUT2D eigenvalue weighted by Crippen LogP contribution is -2.41. The van der Waals surface area contributed by atoms with Crippen LogP contribution in [0.15, 0.2) is 42.5 Å². The second-order valence-corrected chi connectivity index (χ2v) is 6.55. The summed E-state index contributed by atoms with van der Waals surface area (Å²) < 4.78 is 20.3. The number of fused-ring (bicyclic) bond motifs is 1. The zero-order valence-corrected chi connectivity index (χ0v) is 14.9. The number of nitrogens with one attached hydrogen (secondary N) is 1. The van der Waals surface area contributed by atoms with E-state index in [4.69, 9.17) is 4.74 Å². The first-order valence-corrected chi connectivity index (χ1v) is 8.84. The fourth-order valence-electron chi connectivity index (χ4n) is 3.40. The quantitative estimate of drug-likeness (QED) is 0.768. The summed E-state index contributed by atoms with van der Waals surface area (Å²) in [6, 6.07) is 11.8. The first kappa shape index (κ1) is 17.3. The molecule has 0 saturated carbocycles. The van der Waals surface area contributed by atoms with Crippen LogP contribution in [0, 0.1) is 5.82 Å². The minimum Gasteiger partial charge on any atom is -0.497 e. The average Bonchev–Trinajstić information content (AvgIpc) is 3.11. The zero-order chi connectivity index (χ0) is 18.8. The molecule has 0 atom stereocenters. The number of ether oxygens (including phenoxy) is 1. The molecular formula is C19H20FN5O2. The molecule has 4 rings (SSSR count). The molecule has 0 unspecified atom stereocenters. The lowest BCUT2D eigenvalue weighted by molar-refractivity contribution is 0.181. The van der Waals surface area contributed by atoms with Crippen LogP contribution in [0.2, 0.25) is 0 Å². The van der Waals surface area contributed by atoms with Crippen molar-refractivity contribution in [1.82, 2.24) is 19.9 Å². The summed E-state index contributed by atoms with van der Waals surface area (Å²) in [5, 5.41) is 11.1. The average molecular weight is 369 g/mol. The molecule has 1 N–H and O–H groups in total. The van der Waals surface area contributed by atoms with Gasteiger partial charge in [-0.1, -0.05) is 11.3 Å². The maximum Gasteiger partial charge on any atom is 0.321 e. The molecule has 27 heavy (non-hydrogen) atoms. The number of rotatable bonds is 3. The lowest BCUT2D eigenvalue weighted by Gasteiger charge is -2.32. The lowest BCUT2D eigenvalue weighted by atomic mass is 10.1. The molecule has 0 spiro atoms. The van der Waals surface area contributed by atoms with Gasteiger partial charge in [0.1, 0.15) is 17.1 Å². The van der Waals surface area contributed by atoms with Crippen molar-refractivity contribution in [2.45, 2.75) is 18.9 Å². The summed E-state index contributed by atoms with van der Waals surface area (Å²) in [5.41, 5.74) is 2.06. The molecule has 3 aromatic rings. The number of urea groups is 1. The number of halogens is 1. The number of likely N-dealkylation sites (tertiary alicyclic amines) is 1. The van der Waals surface area contributed by atoms with Gasteiger partial charge < -0.3 is 15.0 Å².